The number of ether oxygens (including phenoxy) is 1. The molecule has 0 unspecified atom stereocenters. The summed E-state index contributed by atoms with van der Waals surface area (Å²) in [5, 5.41) is 0. The number of hydrogen-bond donors (Lipinski definition) is 0. The summed E-state index contributed by atoms with van der Waals surface area (Å²) < 4.78 is 44.9. The Morgan fingerprint density at radius 2 is 1.83 bits per heavy atom. The monoisotopic (exact) mass is 323 g/mol. The van der Waals surface area contributed by atoms with E-state index in [0.29, 0.717) is 5.69 Å². The van der Waals surface area contributed by atoms with Crippen LogP contribution >= 0.6 is 0 Å². The maximum absolute atomic E-state index is 13.1. The van der Waals surface area contributed by atoms with Gasteiger partial charge in [0.15, 0.2) is 5.69 Å². The van der Waals surface area contributed by atoms with E-state index in [9.17, 15) is 13.2 Å². The number of aromatic nitrogens is 2. The van der Waals surface area contributed by atoms with Gasteiger partial charge in [-0.15, -0.1) is 0 Å². The lowest BCUT2D eigenvalue weighted by Crippen LogP contribution is -2.20. The summed E-state index contributed by atoms with van der Waals surface area (Å²) in [4.78, 5) is 11.2. The Bertz CT molecular complexity index is 694. The summed E-state index contributed by atoms with van der Waals surface area (Å²) in [6, 6.07) is 7.04. The molecule has 0 saturated heterocycles. The molecule has 1 heterocycles. The molecule has 2 rings (SSSR count). The van der Waals surface area contributed by atoms with Crippen molar-refractivity contribution in [3.63, 3.8) is 0 Å². The first-order valence-corrected chi connectivity index (χ1v) is 6.97. The zero-order chi connectivity index (χ0) is 17.0. The first kappa shape index (κ1) is 16.9. The zero-order valence-corrected chi connectivity index (χ0v) is 12.9. The Balaban J connectivity index is 2.54. The molecule has 0 fully saturated rings. The fraction of sp³-hybridized carbons (Fsp3) is 0.312. The first-order valence-electron chi connectivity index (χ1n) is 6.97. The number of halogens is 3. The lowest BCUT2D eigenvalue weighted by molar-refractivity contribution is -0.141. The number of benzene rings is 1. The molecule has 0 spiro atoms. The minimum Gasteiger partial charge on any atom is -0.474 e. The highest BCUT2D eigenvalue weighted by molar-refractivity contribution is 5.96. The third-order valence-electron chi connectivity index (χ3n) is 2.82. The molecule has 0 aliphatic carbocycles. The van der Waals surface area contributed by atoms with Gasteiger partial charge in [-0.3, -0.25) is 0 Å². The van der Waals surface area contributed by atoms with Crippen molar-refractivity contribution in [1.82, 2.24) is 9.97 Å². The first-order chi connectivity index (χ1) is 10.8. The fourth-order valence-electron chi connectivity index (χ4n) is 1.82. The third kappa shape index (κ3) is 4.51. The molecule has 2 aromatic rings. The van der Waals surface area contributed by atoms with Gasteiger partial charge in [0.1, 0.15) is 6.33 Å². The van der Waals surface area contributed by atoms with Crippen LogP contribution in [0.1, 0.15) is 30.7 Å². The second-order valence-corrected chi connectivity index (χ2v) is 5.20. The van der Waals surface area contributed by atoms with Crippen LogP contribution in [0.5, 0.6) is 0 Å². The van der Waals surface area contributed by atoms with Crippen LogP contribution in [0.15, 0.2) is 41.8 Å². The minimum atomic E-state index is -4.62. The lowest BCUT2D eigenvalue weighted by atomic mass is 10.2. The molecule has 0 bridgehead atoms. The van der Waals surface area contributed by atoms with Crippen LogP contribution in [0, 0.1) is 6.92 Å². The van der Waals surface area contributed by atoms with Crippen LogP contribution in [0.2, 0.25) is 0 Å². The number of aryl methyl sites for hydroxylation is 1. The molecule has 0 atom stereocenters. The van der Waals surface area contributed by atoms with E-state index in [4.69, 9.17) is 4.74 Å². The van der Waals surface area contributed by atoms with Crippen LogP contribution in [0.3, 0.4) is 0 Å². The van der Waals surface area contributed by atoms with Crippen molar-refractivity contribution < 1.29 is 17.9 Å². The summed E-state index contributed by atoms with van der Waals surface area (Å²) >= 11 is 0. The largest absolute Gasteiger partial charge is 0.474 e. The van der Waals surface area contributed by atoms with E-state index in [1.165, 1.54) is 0 Å². The molecule has 23 heavy (non-hydrogen) atoms. The van der Waals surface area contributed by atoms with Gasteiger partial charge in [-0.2, -0.15) is 13.2 Å². The van der Waals surface area contributed by atoms with E-state index in [1.54, 1.807) is 26.0 Å². The van der Waals surface area contributed by atoms with Gasteiger partial charge in [-0.1, -0.05) is 17.7 Å². The van der Waals surface area contributed by atoms with E-state index in [1.807, 2.05) is 19.1 Å². The Kier molecular flexibility index (Phi) is 4.98. The van der Waals surface area contributed by atoms with Gasteiger partial charge in [-0.25, -0.2) is 15.0 Å². The van der Waals surface area contributed by atoms with Crippen LogP contribution in [0.25, 0.3) is 0 Å². The number of aliphatic imine (C=N–C) groups is 1. The standard InChI is InChI=1S/C16H16F3N3O/c1-10(2)23-15(22-12-6-4-11(3)5-7-12)13-8-20-9-21-14(13)16(17,18)19/h4-10H,1-3H3. The van der Waals surface area contributed by atoms with E-state index in [-0.39, 0.29) is 17.6 Å². The molecule has 122 valence electrons. The molecule has 0 saturated carbocycles. The molecule has 4 nitrogen and oxygen atoms in total. The highest BCUT2D eigenvalue weighted by atomic mass is 19.4. The molecule has 0 aliphatic rings. The van der Waals surface area contributed by atoms with Crippen molar-refractivity contribution in [2.24, 2.45) is 4.99 Å². The average Bonchev–Trinajstić information content (AvgIpc) is 2.47. The molecular weight excluding hydrogens is 307 g/mol. The zero-order valence-electron chi connectivity index (χ0n) is 12.9. The van der Waals surface area contributed by atoms with E-state index in [0.717, 1.165) is 18.1 Å². The molecule has 0 aliphatic heterocycles. The third-order valence-corrected chi connectivity index (χ3v) is 2.82. The summed E-state index contributed by atoms with van der Waals surface area (Å²) in [6.07, 6.45) is -3.05. The average molecular weight is 323 g/mol. The predicted octanol–water partition coefficient (Wildman–Crippen LogP) is 4.31. The molecular formula is C16H16F3N3O. The van der Waals surface area contributed by atoms with Gasteiger partial charge in [-0.05, 0) is 32.9 Å². The van der Waals surface area contributed by atoms with Crippen molar-refractivity contribution in [3.8, 4) is 0 Å². The lowest BCUT2D eigenvalue weighted by Gasteiger charge is -2.16. The maximum Gasteiger partial charge on any atom is 0.434 e. The fourth-order valence-corrected chi connectivity index (χ4v) is 1.82. The summed E-state index contributed by atoms with van der Waals surface area (Å²) in [5.41, 5.74) is 0.158. The molecule has 7 heteroatoms. The SMILES string of the molecule is Cc1ccc(N=C(OC(C)C)c2cncnc2C(F)(F)F)cc1. The van der Waals surface area contributed by atoms with Crippen molar-refractivity contribution in [2.45, 2.75) is 33.1 Å². The van der Waals surface area contributed by atoms with Crippen molar-refractivity contribution in [1.29, 1.82) is 0 Å². The Morgan fingerprint density at radius 3 is 2.39 bits per heavy atom. The Labute approximate surface area is 132 Å². The van der Waals surface area contributed by atoms with Gasteiger partial charge >= 0.3 is 6.18 Å². The molecule has 1 aromatic carbocycles. The van der Waals surface area contributed by atoms with Gasteiger partial charge in [0.05, 0.1) is 17.4 Å². The topological polar surface area (TPSA) is 47.4 Å². The number of alkyl halides is 3. The molecule has 1 aromatic heterocycles. The molecule has 0 radical (unpaired) electrons. The van der Waals surface area contributed by atoms with Crippen molar-refractivity contribution in [3.05, 3.63) is 53.6 Å². The quantitative estimate of drug-likeness (QED) is 0.625. The Morgan fingerprint density at radius 1 is 1.17 bits per heavy atom. The van der Waals surface area contributed by atoms with Gasteiger partial charge in [0.2, 0.25) is 5.90 Å². The summed E-state index contributed by atoms with van der Waals surface area (Å²) in [5.74, 6) is -0.156. The summed E-state index contributed by atoms with van der Waals surface area (Å²) in [6.45, 7) is 5.33. The van der Waals surface area contributed by atoms with Gasteiger partial charge in [0, 0.05) is 6.20 Å². The predicted molar refractivity (Wildman–Crippen MR) is 80.6 cm³/mol. The van der Waals surface area contributed by atoms with Gasteiger partial charge in [0.25, 0.3) is 0 Å². The highest BCUT2D eigenvalue weighted by Crippen LogP contribution is 2.31. The van der Waals surface area contributed by atoms with Gasteiger partial charge < -0.3 is 4.74 Å². The van der Waals surface area contributed by atoms with Crippen LogP contribution in [-0.4, -0.2) is 22.0 Å². The highest BCUT2D eigenvalue weighted by Gasteiger charge is 2.37. The molecule has 0 N–H and O–H groups in total. The second-order valence-electron chi connectivity index (χ2n) is 5.20. The minimum absolute atomic E-state index is 0.156. The van der Waals surface area contributed by atoms with E-state index < -0.39 is 11.9 Å². The second kappa shape index (κ2) is 6.76. The van der Waals surface area contributed by atoms with Crippen LogP contribution in [0.4, 0.5) is 18.9 Å². The van der Waals surface area contributed by atoms with E-state index >= 15 is 0 Å². The number of rotatable bonds is 3. The smallest absolute Gasteiger partial charge is 0.434 e. The van der Waals surface area contributed by atoms with Crippen molar-refractivity contribution in [2.75, 3.05) is 0 Å². The van der Waals surface area contributed by atoms with Crippen LogP contribution < -0.4 is 0 Å². The summed E-state index contributed by atoms with van der Waals surface area (Å²) in [7, 11) is 0. The number of hydrogen-bond acceptors (Lipinski definition) is 4. The van der Waals surface area contributed by atoms with Crippen LogP contribution in [-0.2, 0) is 10.9 Å². The Hall–Kier alpha value is -2.44. The normalized spacial score (nSPS) is 12.6. The molecule has 0 amide bonds. The maximum atomic E-state index is 13.1. The number of nitrogens with zero attached hydrogens (tertiary/aromatic N) is 3. The van der Waals surface area contributed by atoms with E-state index in [2.05, 4.69) is 15.0 Å². The van der Waals surface area contributed by atoms with Crippen molar-refractivity contribution >= 4 is 11.6 Å².